The molecule has 0 spiro atoms. The monoisotopic (exact) mass is 311 g/mol. The number of likely N-dealkylation sites (N-methyl/N-ethyl adjacent to an activating group) is 1. The van der Waals surface area contributed by atoms with Crippen molar-refractivity contribution in [3.05, 3.63) is 11.1 Å². The number of nitrogens with zero attached hydrogens (tertiary/aromatic N) is 3. The van der Waals surface area contributed by atoms with Gasteiger partial charge in [-0.2, -0.15) is 0 Å². The first-order valence-electron chi connectivity index (χ1n) is 7.50. The third-order valence-electron chi connectivity index (χ3n) is 4.29. The Labute approximate surface area is 130 Å². The molecule has 1 aliphatic rings. The Balaban J connectivity index is 2.25. The van der Waals surface area contributed by atoms with Crippen molar-refractivity contribution in [1.29, 1.82) is 0 Å². The van der Waals surface area contributed by atoms with Crippen molar-refractivity contribution in [2.75, 3.05) is 31.6 Å². The Morgan fingerprint density at radius 1 is 1.52 bits per heavy atom. The van der Waals surface area contributed by atoms with Crippen LogP contribution < -0.4 is 4.90 Å². The van der Waals surface area contributed by atoms with E-state index in [0.717, 1.165) is 37.6 Å². The molecule has 5 nitrogen and oxygen atoms in total. The van der Waals surface area contributed by atoms with Gasteiger partial charge in [0, 0.05) is 24.5 Å². The van der Waals surface area contributed by atoms with E-state index in [9.17, 15) is 9.90 Å². The molecule has 1 atom stereocenters. The fraction of sp³-hybridized carbons (Fsp3) is 0.733. The minimum absolute atomic E-state index is 0.449. The van der Waals surface area contributed by atoms with Crippen LogP contribution in [-0.2, 0) is 10.2 Å². The zero-order valence-electron chi connectivity index (χ0n) is 13.3. The van der Waals surface area contributed by atoms with Crippen LogP contribution in [0.2, 0.25) is 0 Å². The van der Waals surface area contributed by atoms with Gasteiger partial charge in [-0.05, 0) is 40.3 Å². The van der Waals surface area contributed by atoms with Crippen molar-refractivity contribution in [3.8, 4) is 0 Å². The minimum Gasteiger partial charge on any atom is -0.481 e. The zero-order chi connectivity index (χ0) is 15.6. The van der Waals surface area contributed by atoms with Gasteiger partial charge in [0.1, 0.15) is 5.41 Å². The summed E-state index contributed by atoms with van der Waals surface area (Å²) in [6.45, 7) is 8.75. The van der Waals surface area contributed by atoms with Gasteiger partial charge in [-0.15, -0.1) is 11.3 Å². The maximum atomic E-state index is 11.4. The van der Waals surface area contributed by atoms with Crippen LogP contribution in [0.25, 0.3) is 0 Å². The molecule has 1 fully saturated rings. The molecule has 0 radical (unpaired) electrons. The SMILES string of the molecule is CCC1CN(C)CCCN1c1nc(C(C)(C)C(=O)O)cs1. The molecule has 0 aliphatic carbocycles. The van der Waals surface area contributed by atoms with Crippen LogP contribution in [0.3, 0.4) is 0 Å². The number of aromatic nitrogens is 1. The van der Waals surface area contributed by atoms with Gasteiger partial charge in [0.05, 0.1) is 5.69 Å². The minimum atomic E-state index is -0.931. The number of anilines is 1. The van der Waals surface area contributed by atoms with Crippen molar-refractivity contribution in [3.63, 3.8) is 0 Å². The third kappa shape index (κ3) is 3.37. The van der Waals surface area contributed by atoms with E-state index in [1.807, 2.05) is 5.38 Å². The van der Waals surface area contributed by atoms with Crippen LogP contribution in [0.15, 0.2) is 5.38 Å². The number of carbonyl (C=O) groups is 1. The number of rotatable bonds is 4. The third-order valence-corrected chi connectivity index (χ3v) is 5.16. The smallest absolute Gasteiger partial charge is 0.315 e. The maximum absolute atomic E-state index is 11.4. The molecule has 1 saturated heterocycles. The van der Waals surface area contributed by atoms with Crippen LogP contribution in [0.5, 0.6) is 0 Å². The molecule has 6 heteroatoms. The Bertz CT molecular complexity index is 501. The summed E-state index contributed by atoms with van der Waals surface area (Å²) in [5, 5.41) is 12.2. The second kappa shape index (κ2) is 6.32. The summed E-state index contributed by atoms with van der Waals surface area (Å²) in [6.07, 6.45) is 2.19. The van der Waals surface area contributed by atoms with Gasteiger partial charge in [-0.1, -0.05) is 6.92 Å². The van der Waals surface area contributed by atoms with Gasteiger partial charge in [-0.3, -0.25) is 4.79 Å². The number of hydrogen-bond acceptors (Lipinski definition) is 5. The van der Waals surface area contributed by atoms with Crippen molar-refractivity contribution in [2.24, 2.45) is 0 Å². The van der Waals surface area contributed by atoms with Crippen LogP contribution >= 0.6 is 11.3 Å². The lowest BCUT2D eigenvalue weighted by Gasteiger charge is -2.30. The van der Waals surface area contributed by atoms with E-state index in [0.29, 0.717) is 11.7 Å². The molecular formula is C15H25N3O2S. The van der Waals surface area contributed by atoms with E-state index in [1.54, 1.807) is 25.2 Å². The van der Waals surface area contributed by atoms with E-state index >= 15 is 0 Å². The molecule has 0 saturated carbocycles. The maximum Gasteiger partial charge on any atom is 0.315 e. The summed E-state index contributed by atoms with van der Waals surface area (Å²) < 4.78 is 0. The van der Waals surface area contributed by atoms with Crippen LogP contribution in [0.1, 0.15) is 39.3 Å². The quantitative estimate of drug-likeness (QED) is 0.925. The average Bonchev–Trinajstić information content (AvgIpc) is 2.84. The van der Waals surface area contributed by atoms with Crippen molar-refractivity contribution in [2.45, 2.75) is 45.1 Å². The lowest BCUT2D eigenvalue weighted by molar-refractivity contribution is -0.142. The normalized spacial score (nSPS) is 21.3. The number of carboxylic acid groups (broad SMARTS) is 1. The van der Waals surface area contributed by atoms with Gasteiger partial charge in [0.2, 0.25) is 0 Å². The first-order valence-corrected chi connectivity index (χ1v) is 8.38. The molecule has 0 bridgehead atoms. The number of hydrogen-bond donors (Lipinski definition) is 1. The molecule has 118 valence electrons. The van der Waals surface area contributed by atoms with E-state index in [4.69, 9.17) is 0 Å². The largest absolute Gasteiger partial charge is 0.481 e. The first kappa shape index (κ1) is 16.2. The lowest BCUT2D eigenvalue weighted by atomic mass is 9.90. The summed E-state index contributed by atoms with van der Waals surface area (Å²) in [5.41, 5.74) is -0.276. The second-order valence-corrected chi connectivity index (χ2v) is 7.15. The van der Waals surface area contributed by atoms with Crippen LogP contribution in [0, 0.1) is 0 Å². The fourth-order valence-corrected chi connectivity index (χ4v) is 3.73. The van der Waals surface area contributed by atoms with Crippen molar-refractivity contribution < 1.29 is 9.90 Å². The van der Waals surface area contributed by atoms with Crippen LogP contribution in [0.4, 0.5) is 5.13 Å². The Kier molecular flexibility index (Phi) is 4.88. The average molecular weight is 311 g/mol. The number of aliphatic carboxylic acids is 1. The van der Waals surface area contributed by atoms with E-state index in [2.05, 4.69) is 28.8 Å². The fourth-order valence-electron chi connectivity index (χ4n) is 2.64. The topological polar surface area (TPSA) is 56.7 Å². The highest BCUT2D eigenvalue weighted by Crippen LogP contribution is 2.31. The van der Waals surface area contributed by atoms with Crippen molar-refractivity contribution in [1.82, 2.24) is 9.88 Å². The van der Waals surface area contributed by atoms with E-state index in [-0.39, 0.29) is 0 Å². The predicted octanol–water partition coefficient (Wildman–Crippen LogP) is 2.43. The van der Waals surface area contributed by atoms with Gasteiger partial charge in [-0.25, -0.2) is 4.98 Å². The predicted molar refractivity (Wildman–Crippen MR) is 86.3 cm³/mol. The van der Waals surface area contributed by atoms with E-state index < -0.39 is 11.4 Å². The molecule has 2 rings (SSSR count). The molecule has 21 heavy (non-hydrogen) atoms. The van der Waals surface area contributed by atoms with E-state index in [1.165, 1.54) is 0 Å². The summed E-state index contributed by atoms with van der Waals surface area (Å²) >= 11 is 1.56. The highest BCUT2D eigenvalue weighted by Gasteiger charge is 2.33. The standard InChI is InChI=1S/C15H25N3O2S/c1-5-11-9-17(4)7-6-8-18(11)14-16-12(10-21-14)15(2,3)13(19)20/h10-11H,5-9H2,1-4H3,(H,19,20). The molecule has 1 unspecified atom stereocenters. The second-order valence-electron chi connectivity index (χ2n) is 6.32. The number of carboxylic acids is 1. The molecule has 0 amide bonds. The summed E-state index contributed by atoms with van der Waals surface area (Å²) in [5.74, 6) is -0.831. The van der Waals surface area contributed by atoms with Gasteiger partial charge < -0.3 is 14.9 Å². The zero-order valence-corrected chi connectivity index (χ0v) is 14.1. The Morgan fingerprint density at radius 3 is 2.86 bits per heavy atom. The lowest BCUT2D eigenvalue weighted by Crippen LogP contribution is -2.40. The molecule has 0 aromatic carbocycles. The van der Waals surface area contributed by atoms with Gasteiger partial charge in [0.25, 0.3) is 0 Å². The molecular weight excluding hydrogens is 286 g/mol. The highest BCUT2D eigenvalue weighted by atomic mass is 32.1. The summed E-state index contributed by atoms with van der Waals surface area (Å²) in [6, 6.07) is 0.449. The van der Waals surface area contributed by atoms with Gasteiger partial charge in [0.15, 0.2) is 5.13 Å². The van der Waals surface area contributed by atoms with Crippen molar-refractivity contribution >= 4 is 22.4 Å². The Morgan fingerprint density at radius 2 is 2.24 bits per heavy atom. The first-order chi connectivity index (χ1) is 9.86. The highest BCUT2D eigenvalue weighted by molar-refractivity contribution is 7.13. The molecule has 2 heterocycles. The molecule has 1 aliphatic heterocycles. The summed E-state index contributed by atoms with van der Waals surface area (Å²) in [7, 11) is 2.16. The van der Waals surface area contributed by atoms with Crippen LogP contribution in [-0.4, -0.2) is 53.7 Å². The summed E-state index contributed by atoms with van der Waals surface area (Å²) in [4.78, 5) is 20.7. The molecule has 1 aromatic heterocycles. The number of thiazole rings is 1. The van der Waals surface area contributed by atoms with Gasteiger partial charge >= 0.3 is 5.97 Å². The molecule has 1 aromatic rings. The molecule has 1 N–H and O–H groups in total. The Hall–Kier alpha value is -1.14.